The minimum Gasteiger partial charge on any atom is -0.481 e. The number of likely N-dealkylation sites (tertiary alicyclic amines) is 1. The Bertz CT molecular complexity index is 938. The zero-order valence-electron chi connectivity index (χ0n) is 19.4. The summed E-state index contributed by atoms with van der Waals surface area (Å²) in [7, 11) is 0. The van der Waals surface area contributed by atoms with Gasteiger partial charge >= 0.3 is 5.97 Å². The SMILES string of the molecule is CCC(=O)N(c1ccc(NC(=O)CCC(=O)O)cc1)C1CCN(C(C)c2ccccc2)CC1. The highest BCUT2D eigenvalue weighted by atomic mass is 16.4. The fourth-order valence-electron chi connectivity index (χ4n) is 4.35. The van der Waals surface area contributed by atoms with E-state index in [1.165, 1.54) is 5.56 Å². The number of carbonyl (C=O) groups excluding carboxylic acids is 2. The standard InChI is InChI=1S/C26H33N3O4/c1-3-25(31)29(22-11-9-21(10-12-22)27-24(30)13-14-26(32)33)23-15-17-28(18-16-23)19(2)20-7-5-4-6-8-20/h4-12,19,23H,3,13-18H2,1-2H3,(H,27,30)(H,32,33). The monoisotopic (exact) mass is 451 g/mol. The van der Waals surface area contributed by atoms with Crippen molar-refractivity contribution in [2.24, 2.45) is 0 Å². The maximum absolute atomic E-state index is 12.8. The summed E-state index contributed by atoms with van der Waals surface area (Å²) in [4.78, 5) is 39.7. The van der Waals surface area contributed by atoms with Gasteiger partial charge in [-0.2, -0.15) is 0 Å². The number of rotatable bonds is 9. The number of carbonyl (C=O) groups is 3. The van der Waals surface area contributed by atoms with Crippen molar-refractivity contribution < 1.29 is 19.5 Å². The van der Waals surface area contributed by atoms with E-state index in [9.17, 15) is 14.4 Å². The van der Waals surface area contributed by atoms with Crippen molar-refractivity contribution in [2.75, 3.05) is 23.3 Å². The van der Waals surface area contributed by atoms with Gasteiger partial charge in [-0.15, -0.1) is 0 Å². The Balaban J connectivity index is 1.64. The van der Waals surface area contributed by atoms with Crippen LogP contribution < -0.4 is 10.2 Å². The predicted molar refractivity (Wildman–Crippen MR) is 129 cm³/mol. The number of aliphatic carboxylic acids is 1. The second-order valence-electron chi connectivity index (χ2n) is 8.46. The summed E-state index contributed by atoms with van der Waals surface area (Å²) in [5.74, 6) is -1.26. The molecule has 1 fully saturated rings. The van der Waals surface area contributed by atoms with Crippen LogP contribution in [0.25, 0.3) is 0 Å². The van der Waals surface area contributed by atoms with Crippen molar-refractivity contribution in [3.8, 4) is 0 Å². The average molecular weight is 452 g/mol. The third-order valence-corrected chi connectivity index (χ3v) is 6.26. The van der Waals surface area contributed by atoms with Crippen molar-refractivity contribution in [3.05, 3.63) is 60.2 Å². The van der Waals surface area contributed by atoms with E-state index in [1.54, 1.807) is 12.1 Å². The fraction of sp³-hybridized carbons (Fsp3) is 0.423. The second-order valence-corrected chi connectivity index (χ2v) is 8.46. The van der Waals surface area contributed by atoms with Crippen molar-refractivity contribution >= 4 is 29.2 Å². The van der Waals surface area contributed by atoms with Crippen LogP contribution in [0.3, 0.4) is 0 Å². The zero-order chi connectivity index (χ0) is 23.8. The van der Waals surface area contributed by atoms with Gasteiger partial charge in [0.05, 0.1) is 6.42 Å². The van der Waals surface area contributed by atoms with Crippen LogP contribution >= 0.6 is 0 Å². The number of anilines is 2. The first-order chi connectivity index (χ1) is 15.9. The number of carboxylic acids is 1. The minimum atomic E-state index is -1.00. The number of hydrogen-bond donors (Lipinski definition) is 2. The van der Waals surface area contributed by atoms with Gasteiger partial charge in [0.2, 0.25) is 11.8 Å². The smallest absolute Gasteiger partial charge is 0.303 e. The molecule has 1 aliphatic rings. The fourth-order valence-corrected chi connectivity index (χ4v) is 4.35. The summed E-state index contributed by atoms with van der Waals surface area (Å²) in [6, 6.07) is 18.2. The predicted octanol–water partition coefficient (Wildman–Crippen LogP) is 4.46. The van der Waals surface area contributed by atoms with Crippen molar-refractivity contribution in [2.45, 2.75) is 58.0 Å². The number of nitrogens with zero attached hydrogens (tertiary/aromatic N) is 2. The number of nitrogens with one attached hydrogen (secondary N) is 1. The molecular formula is C26H33N3O4. The molecule has 1 atom stereocenters. The quantitative estimate of drug-likeness (QED) is 0.588. The molecular weight excluding hydrogens is 418 g/mol. The molecule has 2 N–H and O–H groups in total. The molecule has 2 amide bonds. The number of benzene rings is 2. The molecule has 1 heterocycles. The highest BCUT2D eigenvalue weighted by Crippen LogP contribution is 2.29. The summed E-state index contributed by atoms with van der Waals surface area (Å²) in [6.07, 6.45) is 1.95. The lowest BCUT2D eigenvalue weighted by Gasteiger charge is -2.41. The van der Waals surface area contributed by atoms with Gasteiger partial charge in [0, 0.05) is 49.4 Å². The van der Waals surface area contributed by atoms with E-state index in [4.69, 9.17) is 5.11 Å². The maximum Gasteiger partial charge on any atom is 0.303 e. The molecule has 7 nitrogen and oxygen atoms in total. The largest absolute Gasteiger partial charge is 0.481 e. The van der Waals surface area contributed by atoms with Gasteiger partial charge in [-0.05, 0) is 49.6 Å². The van der Waals surface area contributed by atoms with E-state index < -0.39 is 5.97 Å². The average Bonchev–Trinajstić information content (AvgIpc) is 2.84. The van der Waals surface area contributed by atoms with E-state index in [0.717, 1.165) is 31.6 Å². The lowest BCUT2D eigenvalue weighted by Crippen LogP contribution is -2.48. The molecule has 0 aliphatic carbocycles. The maximum atomic E-state index is 12.8. The molecule has 0 radical (unpaired) electrons. The third kappa shape index (κ3) is 6.65. The third-order valence-electron chi connectivity index (χ3n) is 6.26. The topological polar surface area (TPSA) is 90.0 Å². The van der Waals surface area contributed by atoms with Crippen LogP contribution in [0, 0.1) is 0 Å². The molecule has 1 aliphatic heterocycles. The van der Waals surface area contributed by atoms with Gasteiger partial charge in [0.15, 0.2) is 0 Å². The Labute approximate surface area is 195 Å². The van der Waals surface area contributed by atoms with Crippen LogP contribution in [0.5, 0.6) is 0 Å². The van der Waals surface area contributed by atoms with Gasteiger partial charge in [0.1, 0.15) is 0 Å². The van der Waals surface area contributed by atoms with Gasteiger partial charge in [-0.25, -0.2) is 0 Å². The van der Waals surface area contributed by atoms with Crippen molar-refractivity contribution in [3.63, 3.8) is 0 Å². The molecule has 0 bridgehead atoms. The Morgan fingerprint density at radius 1 is 1.03 bits per heavy atom. The van der Waals surface area contributed by atoms with E-state index in [-0.39, 0.29) is 30.7 Å². The Morgan fingerprint density at radius 2 is 1.67 bits per heavy atom. The normalized spacial score (nSPS) is 15.6. The molecule has 0 aromatic heterocycles. The van der Waals surface area contributed by atoms with Crippen LogP contribution in [-0.4, -0.2) is 46.9 Å². The molecule has 2 aromatic carbocycles. The van der Waals surface area contributed by atoms with Crippen LogP contribution in [0.2, 0.25) is 0 Å². The van der Waals surface area contributed by atoms with Crippen LogP contribution in [-0.2, 0) is 14.4 Å². The van der Waals surface area contributed by atoms with E-state index >= 15 is 0 Å². The zero-order valence-corrected chi connectivity index (χ0v) is 19.4. The molecule has 0 spiro atoms. The number of piperidine rings is 1. The van der Waals surface area contributed by atoms with E-state index in [2.05, 4.69) is 41.4 Å². The van der Waals surface area contributed by atoms with Gasteiger partial charge in [-0.3, -0.25) is 19.3 Å². The first-order valence-corrected chi connectivity index (χ1v) is 11.6. The van der Waals surface area contributed by atoms with Crippen LogP contribution in [0.1, 0.15) is 57.6 Å². The summed E-state index contributed by atoms with van der Waals surface area (Å²) >= 11 is 0. The first-order valence-electron chi connectivity index (χ1n) is 11.6. The van der Waals surface area contributed by atoms with Gasteiger partial charge in [0.25, 0.3) is 0 Å². The summed E-state index contributed by atoms with van der Waals surface area (Å²) < 4.78 is 0. The summed E-state index contributed by atoms with van der Waals surface area (Å²) in [5.41, 5.74) is 2.71. The van der Waals surface area contributed by atoms with Crippen LogP contribution in [0.15, 0.2) is 54.6 Å². The van der Waals surface area contributed by atoms with Crippen LogP contribution in [0.4, 0.5) is 11.4 Å². The van der Waals surface area contributed by atoms with Gasteiger partial charge < -0.3 is 15.3 Å². The van der Waals surface area contributed by atoms with Gasteiger partial charge in [-0.1, -0.05) is 37.3 Å². The number of hydrogen-bond acceptors (Lipinski definition) is 4. The summed E-state index contributed by atoms with van der Waals surface area (Å²) in [5, 5.41) is 11.4. The molecule has 33 heavy (non-hydrogen) atoms. The highest BCUT2D eigenvalue weighted by molar-refractivity contribution is 5.95. The van der Waals surface area contributed by atoms with Crippen molar-refractivity contribution in [1.29, 1.82) is 0 Å². The number of carboxylic acid groups (broad SMARTS) is 1. The molecule has 2 aromatic rings. The number of amides is 2. The Kier molecular flexibility index (Phi) is 8.60. The van der Waals surface area contributed by atoms with Crippen molar-refractivity contribution in [1.82, 2.24) is 4.90 Å². The highest BCUT2D eigenvalue weighted by Gasteiger charge is 2.30. The van der Waals surface area contributed by atoms with E-state index in [1.807, 2.05) is 30.0 Å². The second kappa shape index (κ2) is 11.6. The Hall–Kier alpha value is -3.19. The molecule has 176 valence electrons. The lowest BCUT2D eigenvalue weighted by atomic mass is 9.98. The summed E-state index contributed by atoms with van der Waals surface area (Å²) in [6.45, 7) is 5.95. The Morgan fingerprint density at radius 3 is 2.24 bits per heavy atom. The molecule has 1 saturated heterocycles. The molecule has 7 heteroatoms. The molecule has 1 unspecified atom stereocenters. The molecule has 0 saturated carbocycles. The minimum absolute atomic E-state index is 0.0719. The lowest BCUT2D eigenvalue weighted by molar-refractivity contribution is -0.138. The molecule has 3 rings (SSSR count). The van der Waals surface area contributed by atoms with E-state index in [0.29, 0.717) is 18.2 Å². The first kappa shape index (κ1) is 24.5.